The predicted octanol–water partition coefficient (Wildman–Crippen LogP) is 4.82. The molecule has 0 N–H and O–H groups in total. The quantitative estimate of drug-likeness (QED) is 0.360. The van der Waals surface area contributed by atoms with Crippen molar-refractivity contribution in [3.63, 3.8) is 0 Å². The SMILES string of the molecule is Cc1c(Br)c(C(=O)OC(C)(C)CCCn2nc(C(=O)OC(C)(C)C)c(-c3ncccn3)c2C)nn1C. The van der Waals surface area contributed by atoms with Crippen LogP contribution in [0.15, 0.2) is 22.9 Å². The van der Waals surface area contributed by atoms with Crippen LogP contribution in [0.3, 0.4) is 0 Å². The number of nitrogens with zero attached hydrogens (tertiary/aromatic N) is 6. The van der Waals surface area contributed by atoms with Gasteiger partial charge in [0.2, 0.25) is 0 Å². The Kier molecular flexibility index (Phi) is 8.02. The summed E-state index contributed by atoms with van der Waals surface area (Å²) in [6.45, 7) is 13.4. The molecule has 0 saturated carbocycles. The molecule has 3 heterocycles. The molecule has 0 amide bonds. The molecule has 3 rings (SSSR count). The molecule has 3 aromatic heterocycles. The fourth-order valence-corrected chi connectivity index (χ4v) is 4.14. The summed E-state index contributed by atoms with van der Waals surface area (Å²) in [7, 11) is 1.77. The largest absolute Gasteiger partial charge is 0.455 e. The van der Waals surface area contributed by atoms with Crippen molar-refractivity contribution in [1.82, 2.24) is 29.5 Å². The number of hydrogen-bond acceptors (Lipinski definition) is 8. The van der Waals surface area contributed by atoms with Gasteiger partial charge in [0.1, 0.15) is 11.2 Å². The second-order valence-corrected chi connectivity index (χ2v) is 11.0. The van der Waals surface area contributed by atoms with E-state index in [0.717, 1.165) is 11.4 Å². The molecule has 0 radical (unpaired) electrons. The summed E-state index contributed by atoms with van der Waals surface area (Å²) in [6, 6.07) is 1.71. The minimum atomic E-state index is -0.734. The first-order valence-electron chi connectivity index (χ1n) is 11.7. The van der Waals surface area contributed by atoms with Crippen molar-refractivity contribution >= 4 is 27.9 Å². The molecule has 0 atom stereocenters. The second kappa shape index (κ2) is 10.5. The van der Waals surface area contributed by atoms with Gasteiger partial charge >= 0.3 is 11.9 Å². The van der Waals surface area contributed by atoms with E-state index >= 15 is 0 Å². The van der Waals surface area contributed by atoms with Gasteiger partial charge in [-0.25, -0.2) is 19.6 Å². The van der Waals surface area contributed by atoms with Gasteiger partial charge in [-0.1, -0.05) is 0 Å². The number of aryl methyl sites for hydroxylation is 2. The number of hydrogen-bond donors (Lipinski definition) is 0. The highest BCUT2D eigenvalue weighted by atomic mass is 79.9. The normalized spacial score (nSPS) is 12.0. The van der Waals surface area contributed by atoms with Gasteiger partial charge in [0, 0.05) is 31.7 Å². The standard InChI is InChI=1S/C25H33BrN6O4/c1-15-17(21-27-12-10-13-28-21)19(22(33)35-24(3,4)5)30-32(15)14-9-11-25(6,7)36-23(34)20-18(26)16(2)31(8)29-20/h10,12-13H,9,11,14H2,1-8H3. The van der Waals surface area contributed by atoms with Crippen molar-refractivity contribution in [3.8, 4) is 11.4 Å². The van der Waals surface area contributed by atoms with Gasteiger partial charge in [-0.2, -0.15) is 10.2 Å². The molecular weight excluding hydrogens is 528 g/mol. The molecule has 36 heavy (non-hydrogen) atoms. The molecule has 11 heteroatoms. The lowest BCUT2D eigenvalue weighted by Gasteiger charge is -2.24. The molecule has 0 bridgehead atoms. The molecular formula is C25H33BrN6O4. The van der Waals surface area contributed by atoms with E-state index in [2.05, 4.69) is 36.1 Å². The van der Waals surface area contributed by atoms with Gasteiger partial charge in [0.05, 0.1) is 15.7 Å². The fourth-order valence-electron chi connectivity index (χ4n) is 3.65. The van der Waals surface area contributed by atoms with Gasteiger partial charge in [-0.15, -0.1) is 0 Å². The number of halogens is 1. The monoisotopic (exact) mass is 560 g/mol. The van der Waals surface area contributed by atoms with Crippen LogP contribution in [0.1, 0.15) is 79.8 Å². The van der Waals surface area contributed by atoms with Gasteiger partial charge in [0.15, 0.2) is 17.2 Å². The van der Waals surface area contributed by atoms with E-state index in [9.17, 15) is 9.59 Å². The average molecular weight is 561 g/mol. The zero-order valence-corrected chi connectivity index (χ0v) is 23.6. The lowest BCUT2D eigenvalue weighted by Crippen LogP contribution is -2.29. The number of aromatic nitrogens is 6. The molecule has 0 aliphatic carbocycles. The van der Waals surface area contributed by atoms with Crippen molar-refractivity contribution in [2.75, 3.05) is 0 Å². The fraction of sp³-hybridized carbons (Fsp3) is 0.520. The third-order valence-corrected chi connectivity index (χ3v) is 6.51. The van der Waals surface area contributed by atoms with E-state index in [1.165, 1.54) is 0 Å². The number of ether oxygens (including phenoxy) is 2. The summed E-state index contributed by atoms with van der Waals surface area (Å²) in [5.41, 5.74) is 1.17. The highest BCUT2D eigenvalue weighted by molar-refractivity contribution is 9.10. The number of carbonyl (C=O) groups is 2. The summed E-state index contributed by atoms with van der Waals surface area (Å²) >= 11 is 3.41. The van der Waals surface area contributed by atoms with Crippen LogP contribution in [0, 0.1) is 13.8 Å². The zero-order valence-electron chi connectivity index (χ0n) is 22.0. The third-order valence-electron chi connectivity index (χ3n) is 5.56. The van der Waals surface area contributed by atoms with Crippen LogP contribution in [-0.2, 0) is 23.1 Å². The van der Waals surface area contributed by atoms with Gasteiger partial charge < -0.3 is 9.47 Å². The molecule has 10 nitrogen and oxygen atoms in total. The summed E-state index contributed by atoms with van der Waals surface area (Å²) in [5, 5.41) is 8.80. The first-order chi connectivity index (χ1) is 16.7. The van der Waals surface area contributed by atoms with Crippen LogP contribution < -0.4 is 0 Å². The van der Waals surface area contributed by atoms with E-state index in [1.807, 2.05) is 48.5 Å². The average Bonchev–Trinajstić information content (AvgIpc) is 3.24. The summed E-state index contributed by atoms with van der Waals surface area (Å²) in [4.78, 5) is 34.3. The van der Waals surface area contributed by atoms with Crippen molar-refractivity contribution in [1.29, 1.82) is 0 Å². The van der Waals surface area contributed by atoms with Crippen LogP contribution in [0.5, 0.6) is 0 Å². The summed E-state index contributed by atoms with van der Waals surface area (Å²) < 4.78 is 15.4. The number of carbonyl (C=O) groups excluding carboxylic acids is 2. The maximum atomic E-state index is 12.9. The molecule has 3 aromatic rings. The van der Waals surface area contributed by atoms with Crippen molar-refractivity contribution < 1.29 is 19.1 Å². The summed E-state index contributed by atoms with van der Waals surface area (Å²) in [5.74, 6) is -0.605. The first kappa shape index (κ1) is 27.5. The summed E-state index contributed by atoms with van der Waals surface area (Å²) in [6.07, 6.45) is 4.46. The molecule has 0 fully saturated rings. The minimum absolute atomic E-state index is 0.176. The topological polar surface area (TPSA) is 114 Å². The van der Waals surface area contributed by atoms with Crippen LogP contribution in [-0.4, -0.2) is 52.7 Å². The number of rotatable bonds is 8. The third kappa shape index (κ3) is 6.37. The molecule has 0 aromatic carbocycles. The Morgan fingerprint density at radius 3 is 2.11 bits per heavy atom. The Morgan fingerprint density at radius 2 is 1.56 bits per heavy atom. The van der Waals surface area contributed by atoms with Crippen LogP contribution in [0.4, 0.5) is 0 Å². The van der Waals surface area contributed by atoms with E-state index in [-0.39, 0.29) is 11.4 Å². The molecule has 0 aliphatic rings. The Balaban J connectivity index is 1.76. The van der Waals surface area contributed by atoms with Gasteiger partial charge in [-0.3, -0.25) is 9.36 Å². The Hall–Kier alpha value is -3.08. The van der Waals surface area contributed by atoms with Crippen molar-refractivity contribution in [2.24, 2.45) is 7.05 Å². The maximum absolute atomic E-state index is 12.9. The lowest BCUT2D eigenvalue weighted by atomic mass is 10.0. The Bertz CT molecular complexity index is 1260. The first-order valence-corrected chi connectivity index (χ1v) is 12.5. The van der Waals surface area contributed by atoms with Crippen LogP contribution in [0.2, 0.25) is 0 Å². The van der Waals surface area contributed by atoms with Crippen LogP contribution in [0.25, 0.3) is 11.4 Å². The van der Waals surface area contributed by atoms with Crippen molar-refractivity contribution in [2.45, 2.75) is 79.1 Å². The molecule has 0 spiro atoms. The number of esters is 2. The van der Waals surface area contributed by atoms with E-state index in [4.69, 9.17) is 9.47 Å². The Labute approximate surface area is 219 Å². The molecule has 194 valence electrons. The maximum Gasteiger partial charge on any atom is 0.360 e. The van der Waals surface area contributed by atoms with Gasteiger partial charge in [-0.05, 0) is 83.3 Å². The predicted molar refractivity (Wildman–Crippen MR) is 138 cm³/mol. The van der Waals surface area contributed by atoms with Crippen LogP contribution >= 0.6 is 15.9 Å². The van der Waals surface area contributed by atoms with E-state index in [1.54, 1.807) is 34.9 Å². The van der Waals surface area contributed by atoms with Gasteiger partial charge in [0.25, 0.3) is 0 Å². The minimum Gasteiger partial charge on any atom is -0.455 e. The highest BCUT2D eigenvalue weighted by Gasteiger charge is 2.30. The highest BCUT2D eigenvalue weighted by Crippen LogP contribution is 2.28. The molecule has 0 aliphatic heterocycles. The second-order valence-electron chi connectivity index (χ2n) is 10.2. The van der Waals surface area contributed by atoms with E-state index in [0.29, 0.717) is 35.2 Å². The zero-order chi connectivity index (χ0) is 26.8. The van der Waals surface area contributed by atoms with Crippen molar-refractivity contribution in [3.05, 3.63) is 45.7 Å². The molecule has 0 unspecified atom stereocenters. The smallest absolute Gasteiger partial charge is 0.360 e. The van der Waals surface area contributed by atoms with E-state index < -0.39 is 23.1 Å². The Morgan fingerprint density at radius 1 is 0.944 bits per heavy atom. The lowest BCUT2D eigenvalue weighted by molar-refractivity contribution is -0.00679. The molecule has 0 saturated heterocycles.